The summed E-state index contributed by atoms with van der Waals surface area (Å²) in [5, 5.41) is 15.6. The van der Waals surface area contributed by atoms with Crippen molar-refractivity contribution in [1.82, 2.24) is 14.4 Å². The van der Waals surface area contributed by atoms with E-state index in [2.05, 4.69) is 20.0 Å². The first kappa shape index (κ1) is 24.1. The molecule has 2 N–H and O–H groups in total. The zero-order chi connectivity index (χ0) is 25.2. The van der Waals surface area contributed by atoms with Gasteiger partial charge in [-0.1, -0.05) is 6.42 Å². The van der Waals surface area contributed by atoms with Gasteiger partial charge in [0.2, 0.25) is 0 Å². The van der Waals surface area contributed by atoms with Crippen molar-refractivity contribution in [3.05, 3.63) is 57.0 Å². The van der Waals surface area contributed by atoms with Gasteiger partial charge in [0.15, 0.2) is 5.13 Å². The quantitative estimate of drug-likeness (QED) is 0.384. The number of piperidine rings is 1. The number of thiazole rings is 1. The fourth-order valence-electron chi connectivity index (χ4n) is 4.44. The van der Waals surface area contributed by atoms with Crippen LogP contribution in [0, 0.1) is 0 Å². The zero-order valence-electron chi connectivity index (χ0n) is 19.8. The van der Waals surface area contributed by atoms with Gasteiger partial charge in [-0.15, -0.1) is 11.3 Å². The van der Waals surface area contributed by atoms with Crippen LogP contribution in [0.15, 0.2) is 34.6 Å². The Morgan fingerprint density at radius 2 is 2.08 bits per heavy atom. The normalized spacial score (nSPS) is 18.4. The first-order valence-corrected chi connectivity index (χ1v) is 12.8. The van der Waals surface area contributed by atoms with Crippen LogP contribution >= 0.6 is 11.3 Å². The van der Waals surface area contributed by atoms with Gasteiger partial charge in [-0.3, -0.25) is 19.3 Å². The third kappa shape index (κ3) is 4.89. The first-order chi connectivity index (χ1) is 17.4. The fraction of sp³-hybridized carbons (Fsp3) is 0.400. The molecular formula is C25H27N5O5S. The van der Waals surface area contributed by atoms with E-state index in [0.29, 0.717) is 41.9 Å². The lowest BCUT2D eigenvalue weighted by molar-refractivity contribution is -0.134. The molecule has 1 aliphatic carbocycles. The molecule has 188 valence electrons. The second-order valence-electron chi connectivity index (χ2n) is 9.06. The summed E-state index contributed by atoms with van der Waals surface area (Å²) in [4.78, 5) is 49.1. The van der Waals surface area contributed by atoms with Gasteiger partial charge in [-0.2, -0.15) is 0 Å². The van der Waals surface area contributed by atoms with Crippen molar-refractivity contribution in [2.45, 2.75) is 44.1 Å². The highest BCUT2D eigenvalue weighted by molar-refractivity contribution is 7.14. The topological polar surface area (TPSA) is 126 Å². The maximum atomic E-state index is 13.4. The van der Waals surface area contributed by atoms with E-state index in [1.165, 1.54) is 47.6 Å². The number of aromatic nitrogens is 3. The Balaban J connectivity index is 1.48. The van der Waals surface area contributed by atoms with Gasteiger partial charge in [0.05, 0.1) is 24.5 Å². The molecule has 0 radical (unpaired) electrons. The average molecular weight is 510 g/mol. The van der Waals surface area contributed by atoms with E-state index in [9.17, 15) is 19.5 Å². The maximum absolute atomic E-state index is 13.4. The molecule has 2 fully saturated rings. The first-order valence-electron chi connectivity index (χ1n) is 11.9. The summed E-state index contributed by atoms with van der Waals surface area (Å²) in [6, 6.07) is 3.10. The number of carbonyl (C=O) groups excluding carboxylic acids is 2. The van der Waals surface area contributed by atoms with Gasteiger partial charge in [-0.25, -0.2) is 14.8 Å². The number of hydrogen-bond donors (Lipinski definition) is 2. The number of carbonyl (C=O) groups is 2. The highest BCUT2D eigenvalue weighted by atomic mass is 32.1. The van der Waals surface area contributed by atoms with E-state index in [0.717, 1.165) is 25.0 Å². The maximum Gasteiger partial charge on any atom is 0.330 e. The number of aliphatic hydroxyl groups is 1. The van der Waals surface area contributed by atoms with Crippen molar-refractivity contribution < 1.29 is 19.4 Å². The SMILES string of the molecule is COC(=O)C=Cc1c(N2CCCC(O)C2)nc2cc(C(=O)Nc3nc(C4CCC4)cs3)ccn2c1=O. The third-order valence-corrected chi connectivity index (χ3v) is 7.43. The number of amides is 1. The number of ether oxygens (including phenoxy) is 1. The molecule has 36 heavy (non-hydrogen) atoms. The van der Waals surface area contributed by atoms with E-state index in [-0.39, 0.29) is 17.1 Å². The molecule has 10 nitrogen and oxygen atoms in total. The van der Waals surface area contributed by atoms with E-state index >= 15 is 0 Å². The summed E-state index contributed by atoms with van der Waals surface area (Å²) in [5.74, 6) is -0.107. The van der Waals surface area contributed by atoms with Crippen molar-refractivity contribution in [1.29, 1.82) is 0 Å². The van der Waals surface area contributed by atoms with Gasteiger partial charge in [-0.05, 0) is 43.9 Å². The number of β-amino-alcohol motifs (C(OH)–C–C–N with tert-alkyl or cyclic N) is 1. The minimum absolute atomic E-state index is 0.204. The van der Waals surface area contributed by atoms with E-state index in [4.69, 9.17) is 0 Å². The van der Waals surface area contributed by atoms with Crippen LogP contribution in [-0.2, 0) is 9.53 Å². The third-order valence-electron chi connectivity index (χ3n) is 6.66. The standard InChI is InChI=1S/C25H27N5O5S/c1-35-21(32)8-7-18-22(29-10-3-6-17(31)13-29)27-20-12-16(9-11-30(20)24(18)34)23(33)28-25-26-19(14-36-25)15-4-2-5-15/h7-9,11-12,14-15,17,31H,2-6,10,13H2,1H3,(H,26,28,33). The molecule has 1 aliphatic heterocycles. The van der Waals surface area contributed by atoms with Gasteiger partial charge >= 0.3 is 5.97 Å². The molecule has 11 heteroatoms. The van der Waals surface area contributed by atoms with Gasteiger partial charge in [0.25, 0.3) is 11.5 Å². The smallest absolute Gasteiger partial charge is 0.330 e. The molecule has 2 aliphatic rings. The highest BCUT2D eigenvalue weighted by Gasteiger charge is 2.24. The Morgan fingerprint density at radius 1 is 1.25 bits per heavy atom. The van der Waals surface area contributed by atoms with Gasteiger partial charge in [0.1, 0.15) is 11.5 Å². The molecule has 3 aromatic heterocycles. The van der Waals surface area contributed by atoms with Crippen molar-refractivity contribution >= 4 is 45.9 Å². The number of nitrogens with one attached hydrogen (secondary N) is 1. The minimum Gasteiger partial charge on any atom is -0.466 e. The van der Waals surface area contributed by atoms with Crippen LogP contribution in [0.3, 0.4) is 0 Å². The van der Waals surface area contributed by atoms with Crippen LogP contribution in [0.4, 0.5) is 10.9 Å². The molecule has 4 heterocycles. The average Bonchev–Trinajstić information content (AvgIpc) is 3.29. The molecule has 1 atom stereocenters. The van der Waals surface area contributed by atoms with Crippen LogP contribution in [0.5, 0.6) is 0 Å². The molecule has 5 rings (SSSR count). The van der Waals surface area contributed by atoms with Crippen LogP contribution < -0.4 is 15.8 Å². The summed E-state index contributed by atoms with van der Waals surface area (Å²) in [6.07, 6.45) is 8.38. The lowest BCUT2D eigenvalue weighted by Crippen LogP contribution is -2.40. The molecule has 1 unspecified atom stereocenters. The number of hydrogen-bond acceptors (Lipinski definition) is 9. The molecular weight excluding hydrogens is 482 g/mol. The predicted molar refractivity (Wildman–Crippen MR) is 137 cm³/mol. The molecule has 0 bridgehead atoms. The summed E-state index contributed by atoms with van der Waals surface area (Å²) >= 11 is 1.40. The number of fused-ring (bicyclic) bond motifs is 1. The lowest BCUT2D eigenvalue weighted by Gasteiger charge is -2.32. The van der Waals surface area contributed by atoms with Crippen LogP contribution in [0.2, 0.25) is 0 Å². The van der Waals surface area contributed by atoms with Gasteiger partial charge in [0, 0.05) is 42.2 Å². The number of anilines is 2. The number of esters is 1. The summed E-state index contributed by atoms with van der Waals surface area (Å²) < 4.78 is 5.99. The number of rotatable bonds is 6. The Morgan fingerprint density at radius 3 is 2.81 bits per heavy atom. The number of aliphatic hydroxyl groups excluding tert-OH is 1. The molecule has 0 spiro atoms. The molecule has 1 saturated carbocycles. The highest BCUT2D eigenvalue weighted by Crippen LogP contribution is 2.37. The predicted octanol–water partition coefficient (Wildman–Crippen LogP) is 2.82. The molecule has 3 aromatic rings. The molecule has 1 amide bonds. The second kappa shape index (κ2) is 10.2. The van der Waals surface area contributed by atoms with Crippen molar-refractivity contribution in [3.63, 3.8) is 0 Å². The van der Waals surface area contributed by atoms with Crippen molar-refractivity contribution in [2.24, 2.45) is 0 Å². The van der Waals surface area contributed by atoms with Crippen molar-refractivity contribution in [3.8, 4) is 0 Å². The number of pyridine rings is 1. The molecule has 1 saturated heterocycles. The summed E-state index contributed by atoms with van der Waals surface area (Å²) in [7, 11) is 1.26. The Kier molecular flexibility index (Phi) is 6.84. The second-order valence-corrected chi connectivity index (χ2v) is 9.91. The number of nitrogens with zero attached hydrogens (tertiary/aromatic N) is 4. The van der Waals surface area contributed by atoms with Crippen LogP contribution in [0.25, 0.3) is 11.7 Å². The van der Waals surface area contributed by atoms with E-state index in [1.807, 2.05) is 10.3 Å². The molecule has 0 aromatic carbocycles. The largest absolute Gasteiger partial charge is 0.466 e. The Bertz CT molecular complexity index is 1390. The van der Waals surface area contributed by atoms with Gasteiger partial charge < -0.3 is 14.7 Å². The Hall–Kier alpha value is -3.57. The lowest BCUT2D eigenvalue weighted by atomic mass is 9.83. The zero-order valence-corrected chi connectivity index (χ0v) is 20.7. The number of methoxy groups -OCH3 is 1. The monoisotopic (exact) mass is 509 g/mol. The fourth-order valence-corrected chi connectivity index (χ4v) is 5.23. The van der Waals surface area contributed by atoms with Crippen LogP contribution in [0.1, 0.15) is 59.6 Å². The minimum atomic E-state index is -0.598. The Labute approximate surface area is 211 Å². The van der Waals surface area contributed by atoms with E-state index in [1.54, 1.807) is 12.1 Å². The summed E-state index contributed by atoms with van der Waals surface area (Å²) in [6.45, 7) is 0.918. The summed E-state index contributed by atoms with van der Waals surface area (Å²) in [5.41, 5.74) is 1.45. The van der Waals surface area contributed by atoms with E-state index < -0.39 is 17.6 Å². The van der Waals surface area contributed by atoms with Crippen molar-refractivity contribution in [2.75, 3.05) is 30.4 Å². The van der Waals surface area contributed by atoms with Crippen LogP contribution in [-0.4, -0.2) is 57.7 Å².